The Morgan fingerprint density at radius 3 is 2.67 bits per heavy atom. The topological polar surface area (TPSA) is 40.5 Å². The van der Waals surface area contributed by atoms with Crippen molar-refractivity contribution in [3.63, 3.8) is 0 Å². The van der Waals surface area contributed by atoms with Crippen LogP contribution in [0.25, 0.3) is 11.6 Å². The van der Waals surface area contributed by atoms with E-state index in [-0.39, 0.29) is 0 Å². The lowest BCUT2D eigenvalue weighted by molar-refractivity contribution is -0.0874. The van der Waals surface area contributed by atoms with Gasteiger partial charge in [0.05, 0.1) is 0 Å². The molecule has 0 spiro atoms. The SMILES string of the molecule is CCCC1=C2C=c3ccccc3=C2C=CC1(O)O. The summed E-state index contributed by atoms with van der Waals surface area (Å²) in [6.45, 7) is 2.05. The number of aliphatic hydroxyl groups is 2. The van der Waals surface area contributed by atoms with E-state index < -0.39 is 5.79 Å². The monoisotopic (exact) mass is 240 g/mol. The van der Waals surface area contributed by atoms with Crippen LogP contribution in [0.2, 0.25) is 0 Å². The largest absolute Gasteiger partial charge is 0.359 e. The lowest BCUT2D eigenvalue weighted by Crippen LogP contribution is -2.31. The van der Waals surface area contributed by atoms with Gasteiger partial charge in [0.15, 0.2) is 0 Å². The summed E-state index contributed by atoms with van der Waals surface area (Å²) in [6, 6.07) is 8.14. The van der Waals surface area contributed by atoms with Crippen molar-refractivity contribution in [1.29, 1.82) is 0 Å². The molecule has 0 aliphatic heterocycles. The van der Waals surface area contributed by atoms with E-state index in [1.54, 1.807) is 0 Å². The molecule has 1 aromatic rings. The zero-order chi connectivity index (χ0) is 12.8. The van der Waals surface area contributed by atoms with Crippen LogP contribution >= 0.6 is 0 Å². The van der Waals surface area contributed by atoms with Crippen molar-refractivity contribution in [3.05, 3.63) is 58.0 Å². The zero-order valence-corrected chi connectivity index (χ0v) is 10.4. The highest BCUT2D eigenvalue weighted by Gasteiger charge is 2.32. The third-order valence-corrected chi connectivity index (χ3v) is 3.59. The van der Waals surface area contributed by atoms with Crippen molar-refractivity contribution in [2.24, 2.45) is 0 Å². The molecule has 0 amide bonds. The fourth-order valence-corrected chi connectivity index (χ4v) is 2.74. The maximum absolute atomic E-state index is 10.1. The van der Waals surface area contributed by atoms with Crippen LogP contribution in [0.4, 0.5) is 0 Å². The summed E-state index contributed by atoms with van der Waals surface area (Å²) in [4.78, 5) is 0. The molecule has 2 N–H and O–H groups in total. The predicted octanol–water partition coefficient (Wildman–Crippen LogP) is 0.979. The highest BCUT2D eigenvalue weighted by molar-refractivity contribution is 5.90. The van der Waals surface area contributed by atoms with Gasteiger partial charge in [-0.15, -0.1) is 0 Å². The summed E-state index contributed by atoms with van der Waals surface area (Å²) in [5.74, 6) is -1.80. The molecule has 2 heteroatoms. The highest BCUT2D eigenvalue weighted by atomic mass is 16.5. The first kappa shape index (κ1) is 11.5. The molecule has 18 heavy (non-hydrogen) atoms. The lowest BCUT2D eigenvalue weighted by atomic mass is 9.87. The molecule has 0 bridgehead atoms. The third-order valence-electron chi connectivity index (χ3n) is 3.59. The van der Waals surface area contributed by atoms with Gasteiger partial charge in [0.25, 0.3) is 0 Å². The van der Waals surface area contributed by atoms with E-state index in [9.17, 15) is 10.2 Å². The van der Waals surface area contributed by atoms with E-state index in [4.69, 9.17) is 0 Å². The summed E-state index contributed by atoms with van der Waals surface area (Å²) < 4.78 is 0. The lowest BCUT2D eigenvalue weighted by Gasteiger charge is -2.27. The van der Waals surface area contributed by atoms with Gasteiger partial charge in [0.1, 0.15) is 0 Å². The molecular weight excluding hydrogens is 224 g/mol. The number of hydrogen-bond donors (Lipinski definition) is 2. The number of allylic oxidation sites excluding steroid dienone is 2. The van der Waals surface area contributed by atoms with Crippen molar-refractivity contribution in [1.82, 2.24) is 0 Å². The van der Waals surface area contributed by atoms with Crippen LogP contribution in [0.1, 0.15) is 19.8 Å². The van der Waals surface area contributed by atoms with Gasteiger partial charge < -0.3 is 10.2 Å². The molecule has 0 fully saturated rings. The second-order valence-electron chi connectivity index (χ2n) is 4.85. The average Bonchev–Trinajstić information content (AvgIpc) is 2.71. The summed E-state index contributed by atoms with van der Waals surface area (Å²) >= 11 is 0. The normalized spacial score (nSPS) is 19.6. The van der Waals surface area contributed by atoms with Gasteiger partial charge in [-0.3, -0.25) is 0 Å². The zero-order valence-electron chi connectivity index (χ0n) is 10.4. The van der Waals surface area contributed by atoms with Crippen LogP contribution in [0.5, 0.6) is 0 Å². The van der Waals surface area contributed by atoms with E-state index in [2.05, 4.69) is 18.2 Å². The van der Waals surface area contributed by atoms with E-state index in [1.807, 2.05) is 25.1 Å². The summed E-state index contributed by atoms with van der Waals surface area (Å²) in [7, 11) is 0. The van der Waals surface area contributed by atoms with Gasteiger partial charge in [-0.05, 0) is 40.2 Å². The summed E-state index contributed by atoms with van der Waals surface area (Å²) in [6.07, 6.45) is 6.94. The van der Waals surface area contributed by atoms with Crippen molar-refractivity contribution >= 4 is 11.6 Å². The van der Waals surface area contributed by atoms with Gasteiger partial charge in [0, 0.05) is 5.57 Å². The first-order valence-corrected chi connectivity index (χ1v) is 6.32. The predicted molar refractivity (Wildman–Crippen MR) is 71.8 cm³/mol. The van der Waals surface area contributed by atoms with E-state index in [1.165, 1.54) is 11.3 Å². The third kappa shape index (κ3) is 1.57. The van der Waals surface area contributed by atoms with Crippen molar-refractivity contribution in [2.75, 3.05) is 0 Å². The molecule has 0 unspecified atom stereocenters. The molecule has 0 heterocycles. The van der Waals surface area contributed by atoms with Crippen LogP contribution in [0.15, 0.2) is 47.6 Å². The molecule has 2 aliphatic rings. The first-order chi connectivity index (χ1) is 8.63. The molecule has 0 aromatic heterocycles. The molecule has 2 aliphatic carbocycles. The minimum Gasteiger partial charge on any atom is -0.359 e. The molecule has 3 rings (SSSR count). The Morgan fingerprint density at radius 1 is 1.11 bits per heavy atom. The summed E-state index contributed by atoms with van der Waals surface area (Å²) in [5.41, 5.74) is 2.79. The van der Waals surface area contributed by atoms with Crippen LogP contribution in [0, 0.1) is 0 Å². The standard InChI is InChI=1S/C16H16O2/c1-2-5-15-14-10-11-6-3-4-7-12(11)13(14)8-9-16(15,17)18/h3-4,6-10,17-18H,2,5H2,1H3. The minimum atomic E-state index is -1.80. The highest BCUT2D eigenvalue weighted by Crippen LogP contribution is 2.35. The molecule has 0 atom stereocenters. The number of hydrogen-bond acceptors (Lipinski definition) is 2. The van der Waals surface area contributed by atoms with Crippen LogP contribution in [-0.2, 0) is 0 Å². The van der Waals surface area contributed by atoms with Gasteiger partial charge >= 0.3 is 0 Å². The van der Waals surface area contributed by atoms with E-state index >= 15 is 0 Å². The quantitative estimate of drug-likeness (QED) is 0.757. The fourth-order valence-electron chi connectivity index (χ4n) is 2.74. The van der Waals surface area contributed by atoms with Gasteiger partial charge in [-0.25, -0.2) is 0 Å². The van der Waals surface area contributed by atoms with Gasteiger partial charge in [-0.2, -0.15) is 0 Å². The van der Waals surface area contributed by atoms with Crippen LogP contribution < -0.4 is 10.4 Å². The second-order valence-corrected chi connectivity index (χ2v) is 4.85. The molecule has 0 saturated heterocycles. The second kappa shape index (κ2) is 3.94. The molecule has 92 valence electrons. The Kier molecular flexibility index (Phi) is 2.51. The Balaban J connectivity index is 2.32. The van der Waals surface area contributed by atoms with Crippen molar-refractivity contribution in [3.8, 4) is 0 Å². The van der Waals surface area contributed by atoms with Crippen molar-refractivity contribution < 1.29 is 10.2 Å². The van der Waals surface area contributed by atoms with Crippen molar-refractivity contribution in [2.45, 2.75) is 25.6 Å². The molecule has 0 radical (unpaired) electrons. The maximum Gasteiger partial charge on any atom is 0.207 e. The van der Waals surface area contributed by atoms with Crippen LogP contribution in [0.3, 0.4) is 0 Å². The van der Waals surface area contributed by atoms with E-state index in [0.717, 1.165) is 22.8 Å². The fraction of sp³-hybridized carbons (Fsp3) is 0.250. The molecule has 2 nitrogen and oxygen atoms in total. The Bertz CT molecular complexity index is 675. The number of fused-ring (bicyclic) bond motifs is 2. The molecular formula is C16H16O2. The Labute approximate surface area is 106 Å². The summed E-state index contributed by atoms with van der Waals surface area (Å²) in [5, 5.41) is 22.5. The average molecular weight is 240 g/mol. The Morgan fingerprint density at radius 2 is 1.89 bits per heavy atom. The van der Waals surface area contributed by atoms with Gasteiger partial charge in [-0.1, -0.05) is 43.7 Å². The molecule has 0 saturated carbocycles. The minimum absolute atomic E-state index is 0.695. The van der Waals surface area contributed by atoms with Crippen LogP contribution in [-0.4, -0.2) is 16.0 Å². The van der Waals surface area contributed by atoms with E-state index in [0.29, 0.717) is 12.0 Å². The maximum atomic E-state index is 10.1. The van der Waals surface area contributed by atoms with Gasteiger partial charge in [0.2, 0.25) is 5.79 Å². The number of benzene rings is 1. The Hall–Kier alpha value is -1.64. The number of rotatable bonds is 2. The molecule has 1 aromatic carbocycles. The first-order valence-electron chi connectivity index (χ1n) is 6.32. The smallest absolute Gasteiger partial charge is 0.207 e.